The van der Waals surface area contributed by atoms with Crippen LogP contribution in [0, 0.1) is 20.8 Å². The number of benzene rings is 12. The van der Waals surface area contributed by atoms with Crippen LogP contribution in [0.2, 0.25) is 0 Å². The van der Waals surface area contributed by atoms with Crippen LogP contribution in [-0.2, 0) is 66.5 Å². The molecule has 0 aliphatic rings. The Balaban J connectivity index is 0.000000157. The molecule has 11 N–H and O–H groups in total. The number of hydrogen-bond donors (Lipinski definition) is 10. The van der Waals surface area contributed by atoms with Gasteiger partial charge in [0.1, 0.15) is 22.2 Å². The fourth-order valence-electron chi connectivity index (χ4n) is 14.1. The Morgan fingerprint density at radius 3 is 1.04 bits per heavy atom. The molecule has 720 valence electrons. The average molecular weight is 1970 g/mol. The third-order valence-electron chi connectivity index (χ3n) is 21.2. The van der Waals surface area contributed by atoms with Crippen molar-refractivity contribution in [1.29, 1.82) is 0 Å². The van der Waals surface area contributed by atoms with Crippen molar-refractivity contribution < 1.29 is 58.8 Å². The quantitative estimate of drug-likeness (QED) is 0.0175. The minimum absolute atomic E-state index is 0.0269. The lowest BCUT2D eigenvalue weighted by atomic mass is 10.2. The van der Waals surface area contributed by atoms with Gasteiger partial charge in [0.15, 0.2) is 22.7 Å². The van der Waals surface area contributed by atoms with E-state index in [1.807, 2.05) is 60.7 Å². The smallest absolute Gasteiger partial charge is 0.301 e. The van der Waals surface area contributed by atoms with Crippen LogP contribution >= 0.6 is 0 Å². The van der Waals surface area contributed by atoms with Crippen LogP contribution in [0.25, 0.3) is 22.7 Å². The number of aromatic nitrogens is 8. The van der Waals surface area contributed by atoms with Crippen LogP contribution in [0.4, 0.5) is 74.1 Å². The summed E-state index contributed by atoms with van der Waals surface area (Å²) in [6.07, 6.45) is 0. The zero-order valence-electron chi connectivity index (χ0n) is 76.4. The fourth-order valence-corrected chi connectivity index (χ4v) is 19.7. The van der Waals surface area contributed by atoms with E-state index in [9.17, 15) is 73.3 Å². The van der Waals surface area contributed by atoms with Gasteiger partial charge in [-0.2, -0.15) is 15.3 Å². The lowest BCUT2D eigenvalue weighted by Gasteiger charge is -2.24. The van der Waals surface area contributed by atoms with Gasteiger partial charge in [0.2, 0.25) is 0 Å². The summed E-state index contributed by atoms with van der Waals surface area (Å²) in [6, 6.07) is 84.7. The van der Waals surface area contributed by atoms with Crippen molar-refractivity contribution in [2.24, 2.45) is 40.9 Å². The second-order valence-electron chi connectivity index (χ2n) is 30.6. The number of ether oxygens (including phenoxy) is 1. The second-order valence-corrected chi connectivity index (χ2v) is 37.8. The van der Waals surface area contributed by atoms with E-state index in [-0.39, 0.29) is 117 Å². The molecule has 0 unspecified atom stereocenters. The number of methoxy groups -OCH3 is 1. The summed E-state index contributed by atoms with van der Waals surface area (Å²) in [5.74, 6) is 0.322. The van der Waals surface area contributed by atoms with Crippen molar-refractivity contribution in [2.75, 3.05) is 50.1 Å². The SMILES string of the molecule is CCN(c1ccc(CO)cc1)S(=O)(=O)c1ccc(N=Nc2c(C)[nH]n(-c3ccccc3)c2=O)cc1.CCN(c1cccc(CO)c1)S(=O)(=O)c1ccc(N=Nc2c(C)[nH]n(-c3ccccc3)c2=O)cc1.CCN(c1cccc(CO)c1)S(=O)(=O)c1ccc(OC)cc1N=Nc1c(N)[nH]n(-c2ccccc2)c1=O.Cc1[nH]n(-c2ccccc2)c(=O)c1N=Nc1ccc(S(=O)(=O)Nc2cccc(CO)c2)cc1. The van der Waals surface area contributed by atoms with Crippen molar-refractivity contribution in [1.82, 2.24) is 39.1 Å². The first kappa shape index (κ1) is 101. The number of azo groups is 4. The van der Waals surface area contributed by atoms with Gasteiger partial charge in [0.05, 0.1) is 122 Å². The van der Waals surface area contributed by atoms with Gasteiger partial charge in [0.25, 0.3) is 56.8 Å². The maximum atomic E-state index is 13.7. The molecule has 0 radical (unpaired) electrons. The third kappa shape index (κ3) is 23.6. The molecule has 4 heterocycles. The van der Waals surface area contributed by atoms with Crippen LogP contribution in [0.15, 0.2) is 389 Å². The predicted octanol–water partition coefficient (Wildman–Crippen LogP) is 17.3. The minimum atomic E-state index is -4.13. The molecule has 0 spiro atoms. The van der Waals surface area contributed by atoms with E-state index >= 15 is 0 Å². The highest BCUT2D eigenvalue weighted by Crippen LogP contribution is 2.37. The number of sulfonamides is 4. The molecule has 16 rings (SSSR count). The van der Waals surface area contributed by atoms with Crippen molar-refractivity contribution in [3.8, 4) is 28.5 Å². The van der Waals surface area contributed by atoms with Crippen molar-refractivity contribution >= 4 is 114 Å². The maximum absolute atomic E-state index is 13.7. The monoisotopic (exact) mass is 1970 g/mol. The van der Waals surface area contributed by atoms with Crippen LogP contribution in [0.3, 0.4) is 0 Å². The Labute approximate surface area is 804 Å². The highest BCUT2D eigenvalue weighted by atomic mass is 32.2. The second kappa shape index (κ2) is 45.4. The number of para-hydroxylation sites is 4. The molecule has 0 aliphatic carbocycles. The van der Waals surface area contributed by atoms with Gasteiger partial charge in [-0.25, -0.2) is 52.4 Å². The van der Waals surface area contributed by atoms with Gasteiger partial charge in [-0.15, -0.1) is 25.6 Å². The molecule has 12 aromatic carbocycles. The zero-order valence-corrected chi connectivity index (χ0v) is 79.7. The van der Waals surface area contributed by atoms with Crippen LogP contribution in [0.5, 0.6) is 5.75 Å². The fraction of sp³-hybridized carbons (Fsp3) is 0.143. The first-order valence-corrected chi connectivity index (χ1v) is 49.0. The topological polar surface area (TPSA) is 525 Å². The first-order chi connectivity index (χ1) is 67.4. The summed E-state index contributed by atoms with van der Waals surface area (Å²) in [5, 5.41) is 81.8. The van der Waals surface area contributed by atoms with Gasteiger partial charge in [0, 0.05) is 31.4 Å². The molecule has 140 heavy (non-hydrogen) atoms. The number of aliphatic hydroxyl groups excluding tert-OH is 4. The molecular formula is C98H97N21O17S4. The lowest BCUT2D eigenvalue weighted by Crippen LogP contribution is -2.31. The summed E-state index contributed by atoms with van der Waals surface area (Å²) in [4.78, 5) is 51.3. The van der Waals surface area contributed by atoms with E-state index < -0.39 is 45.7 Å². The molecule has 16 aromatic rings. The average Bonchev–Trinajstić information content (AvgIpc) is 1.06. The Morgan fingerprint density at radius 2 is 0.671 bits per heavy atom. The minimum Gasteiger partial charge on any atom is -0.497 e. The molecule has 0 atom stereocenters. The van der Waals surface area contributed by atoms with E-state index in [1.165, 1.54) is 130 Å². The highest BCUT2D eigenvalue weighted by Gasteiger charge is 2.30. The highest BCUT2D eigenvalue weighted by molar-refractivity contribution is 7.93. The molecule has 0 amide bonds. The molecule has 0 saturated carbocycles. The van der Waals surface area contributed by atoms with E-state index in [0.717, 1.165) is 0 Å². The Kier molecular flexibility index (Phi) is 32.8. The number of anilines is 5. The summed E-state index contributed by atoms with van der Waals surface area (Å²) in [7, 11) is -14.2. The van der Waals surface area contributed by atoms with E-state index in [0.29, 0.717) is 108 Å². The number of aromatic amines is 4. The van der Waals surface area contributed by atoms with Crippen molar-refractivity contribution in [2.45, 2.75) is 87.6 Å². The van der Waals surface area contributed by atoms with Crippen LogP contribution < -0.4 is 50.3 Å². The Hall–Kier alpha value is -16.5. The molecular weight excluding hydrogens is 1870 g/mol. The van der Waals surface area contributed by atoms with E-state index in [4.69, 9.17) is 10.5 Å². The largest absolute Gasteiger partial charge is 0.497 e. The predicted molar refractivity (Wildman–Crippen MR) is 534 cm³/mol. The number of nitrogens with one attached hydrogen (secondary N) is 5. The number of nitrogen functional groups attached to an aromatic ring is 1. The number of hydrogen-bond acceptors (Lipinski definition) is 26. The third-order valence-corrected chi connectivity index (χ3v) is 28.4. The normalized spacial score (nSPS) is 11.7. The van der Waals surface area contributed by atoms with E-state index in [1.54, 1.807) is 199 Å². The Bertz CT molecular complexity index is 7920. The summed E-state index contributed by atoms with van der Waals surface area (Å²) < 4.78 is 123. The first-order valence-electron chi connectivity index (χ1n) is 43.2. The van der Waals surface area contributed by atoms with Crippen LogP contribution in [0.1, 0.15) is 60.1 Å². The summed E-state index contributed by atoms with van der Waals surface area (Å²) >= 11 is 0. The molecule has 38 nitrogen and oxygen atoms in total. The molecule has 0 bridgehead atoms. The van der Waals surface area contributed by atoms with Gasteiger partial charge in [-0.3, -0.25) is 57.2 Å². The van der Waals surface area contributed by atoms with E-state index in [2.05, 4.69) is 66.0 Å². The molecule has 0 fully saturated rings. The van der Waals surface area contributed by atoms with Gasteiger partial charge < -0.3 is 30.9 Å². The summed E-state index contributed by atoms with van der Waals surface area (Å²) in [5.41, 5.74) is 14.4. The van der Waals surface area contributed by atoms with Gasteiger partial charge in [-0.1, -0.05) is 121 Å². The molecule has 0 aliphatic heterocycles. The lowest BCUT2D eigenvalue weighted by molar-refractivity contribution is 0.281. The van der Waals surface area contributed by atoms with Crippen molar-refractivity contribution in [3.63, 3.8) is 0 Å². The maximum Gasteiger partial charge on any atom is 0.301 e. The Morgan fingerprint density at radius 1 is 0.336 bits per heavy atom. The number of nitrogens with zero attached hydrogens (tertiary/aromatic N) is 15. The molecule has 42 heteroatoms. The van der Waals surface area contributed by atoms with Crippen LogP contribution in [-0.4, -0.2) is 120 Å². The standard InChI is InChI=1S/C25H26N6O5S.2C25H25N5O4S.C23H21N5O4S/c1-3-30(19-11-7-8-17(14-19)16-32)37(34,35)22-13-12-20(36-2)15-21(22)27-28-23-24(26)29-31(25(23)33)18-9-5-4-6-10-18;1-3-29(22-11-7-8-19(16-22)17-31)35(33,34)23-14-12-20(13-15-23)26-27-24-18(2)28-30(25(24)32)21-9-5-4-6-10-21;1-3-29(21-13-9-19(17-31)10-14-21)35(33,34)23-15-11-20(12-16-23)26-27-24-18(2)28-30(25(24)32)22-7-5-4-6-8-22;1-16-22(23(30)28(26-16)20-8-3-2-4-9-20)25-24-18-10-12-21(13-11-18)33(31,32)27-19-7-5-6-17(14-19)15-29/h4-15,29,32H,3,16,26H2,1-2H3;2*4-16,28,31H,3,17H2,1-2H3;2-14,26-27,29H,15H2,1H3. The van der Waals surface area contributed by atoms with Gasteiger partial charge in [-0.05, 0) is 246 Å². The number of nitrogens with two attached hydrogens (primary N) is 1. The molecule has 0 saturated heterocycles. The zero-order chi connectivity index (χ0) is 100. The molecule has 4 aromatic heterocycles. The number of rotatable bonds is 32. The number of H-pyrrole nitrogens is 4. The van der Waals surface area contributed by atoms with Gasteiger partial charge >= 0.3 is 5.56 Å². The number of aryl methyl sites for hydroxylation is 3. The number of aliphatic hydroxyl groups is 4. The van der Waals surface area contributed by atoms with Crippen molar-refractivity contribution in [3.05, 3.63) is 390 Å². The summed E-state index contributed by atoms with van der Waals surface area (Å²) in [6.45, 7) is 10.2.